The molecule has 0 aliphatic carbocycles. The van der Waals surface area contributed by atoms with E-state index in [0.717, 1.165) is 0 Å². The largest absolute Gasteiger partial charge is 0.458 e. The smallest absolute Gasteiger partial charge is 0.306 e. The standard InChI is InChI=1S/C15H15N3O3/c1-2-5-14(19)21-10-13-17-12-7-4-3-6-11(12)15(20)18(13)9-8-16/h3-4,6-7H,2,5,9-10H2,1H3. The van der Waals surface area contributed by atoms with Crippen molar-refractivity contribution in [3.63, 3.8) is 0 Å². The molecule has 0 radical (unpaired) electrons. The second-order valence-electron chi connectivity index (χ2n) is 4.51. The van der Waals surface area contributed by atoms with E-state index >= 15 is 0 Å². The van der Waals surface area contributed by atoms with E-state index in [4.69, 9.17) is 10.00 Å². The van der Waals surface area contributed by atoms with Crippen molar-refractivity contribution in [3.8, 4) is 6.07 Å². The third-order valence-electron chi connectivity index (χ3n) is 2.99. The summed E-state index contributed by atoms with van der Waals surface area (Å²) in [5, 5.41) is 9.30. The van der Waals surface area contributed by atoms with E-state index in [9.17, 15) is 9.59 Å². The Morgan fingerprint density at radius 3 is 2.90 bits per heavy atom. The molecule has 0 fully saturated rings. The van der Waals surface area contributed by atoms with Gasteiger partial charge in [-0.05, 0) is 18.6 Å². The lowest BCUT2D eigenvalue weighted by Gasteiger charge is -2.11. The number of hydrogen-bond donors (Lipinski definition) is 0. The number of rotatable bonds is 5. The van der Waals surface area contributed by atoms with Crippen LogP contribution in [0.2, 0.25) is 0 Å². The van der Waals surface area contributed by atoms with Crippen LogP contribution in [0.4, 0.5) is 0 Å². The van der Waals surface area contributed by atoms with Crippen molar-refractivity contribution in [1.82, 2.24) is 9.55 Å². The average Bonchev–Trinajstić information content (AvgIpc) is 2.49. The van der Waals surface area contributed by atoms with Gasteiger partial charge in [-0.3, -0.25) is 14.2 Å². The van der Waals surface area contributed by atoms with Crippen LogP contribution in [-0.2, 0) is 22.7 Å². The number of nitrogens with zero attached hydrogens (tertiary/aromatic N) is 3. The molecule has 6 heteroatoms. The van der Waals surface area contributed by atoms with E-state index in [0.29, 0.717) is 23.7 Å². The number of nitriles is 1. The zero-order valence-electron chi connectivity index (χ0n) is 11.7. The van der Waals surface area contributed by atoms with E-state index < -0.39 is 0 Å². The summed E-state index contributed by atoms with van der Waals surface area (Å²) < 4.78 is 6.33. The minimum atomic E-state index is -0.344. The van der Waals surface area contributed by atoms with Crippen LogP contribution in [0.15, 0.2) is 29.1 Å². The summed E-state index contributed by atoms with van der Waals surface area (Å²) in [4.78, 5) is 28.1. The van der Waals surface area contributed by atoms with Crippen LogP contribution >= 0.6 is 0 Å². The van der Waals surface area contributed by atoms with E-state index in [1.54, 1.807) is 24.3 Å². The molecular formula is C15H15N3O3. The minimum Gasteiger partial charge on any atom is -0.458 e. The van der Waals surface area contributed by atoms with Crippen molar-refractivity contribution < 1.29 is 9.53 Å². The Morgan fingerprint density at radius 1 is 1.43 bits per heavy atom. The van der Waals surface area contributed by atoms with Gasteiger partial charge in [0.1, 0.15) is 13.2 Å². The maximum absolute atomic E-state index is 12.3. The summed E-state index contributed by atoms with van der Waals surface area (Å²) in [6.45, 7) is 1.64. The summed E-state index contributed by atoms with van der Waals surface area (Å²) >= 11 is 0. The normalized spacial score (nSPS) is 10.3. The van der Waals surface area contributed by atoms with Crippen molar-refractivity contribution in [3.05, 3.63) is 40.4 Å². The van der Waals surface area contributed by atoms with E-state index in [1.807, 2.05) is 13.0 Å². The highest BCUT2D eigenvalue weighted by molar-refractivity contribution is 5.77. The van der Waals surface area contributed by atoms with Gasteiger partial charge in [0.15, 0.2) is 5.82 Å². The number of benzene rings is 1. The van der Waals surface area contributed by atoms with Crippen LogP contribution in [-0.4, -0.2) is 15.5 Å². The molecule has 1 aromatic heterocycles. The number of carbonyl (C=O) groups is 1. The molecule has 0 spiro atoms. The van der Waals surface area contributed by atoms with Crippen molar-refractivity contribution in [2.75, 3.05) is 0 Å². The molecule has 0 amide bonds. The first-order valence-corrected chi connectivity index (χ1v) is 6.68. The first-order valence-electron chi connectivity index (χ1n) is 6.68. The predicted octanol–water partition coefficient (Wildman–Crippen LogP) is 1.76. The second kappa shape index (κ2) is 6.66. The van der Waals surface area contributed by atoms with Gasteiger partial charge >= 0.3 is 5.97 Å². The molecule has 0 saturated carbocycles. The van der Waals surface area contributed by atoms with Gasteiger partial charge in [-0.1, -0.05) is 19.1 Å². The molecule has 21 heavy (non-hydrogen) atoms. The van der Waals surface area contributed by atoms with Crippen molar-refractivity contribution in [2.24, 2.45) is 0 Å². The topological polar surface area (TPSA) is 85.0 Å². The lowest BCUT2D eigenvalue weighted by molar-refractivity contribution is -0.145. The molecule has 0 bridgehead atoms. The maximum Gasteiger partial charge on any atom is 0.306 e. The van der Waals surface area contributed by atoms with E-state index in [2.05, 4.69) is 4.98 Å². The zero-order chi connectivity index (χ0) is 15.2. The SMILES string of the molecule is CCCC(=O)OCc1nc2ccccc2c(=O)n1CC#N. The summed E-state index contributed by atoms with van der Waals surface area (Å²) in [6.07, 6.45) is 1.01. The average molecular weight is 285 g/mol. The fourth-order valence-corrected chi connectivity index (χ4v) is 1.98. The van der Waals surface area contributed by atoms with Gasteiger partial charge < -0.3 is 4.74 Å². The van der Waals surface area contributed by atoms with Crippen molar-refractivity contribution in [2.45, 2.75) is 32.9 Å². The molecule has 0 saturated heterocycles. The van der Waals surface area contributed by atoms with Crippen LogP contribution < -0.4 is 5.56 Å². The molecule has 6 nitrogen and oxygen atoms in total. The van der Waals surface area contributed by atoms with Gasteiger partial charge in [-0.2, -0.15) is 5.26 Å². The Morgan fingerprint density at radius 2 is 2.19 bits per heavy atom. The second-order valence-corrected chi connectivity index (χ2v) is 4.51. The Labute approximate surface area is 121 Å². The third-order valence-corrected chi connectivity index (χ3v) is 2.99. The van der Waals surface area contributed by atoms with Crippen LogP contribution in [0.5, 0.6) is 0 Å². The first kappa shape index (κ1) is 14.7. The lowest BCUT2D eigenvalue weighted by atomic mass is 10.2. The highest BCUT2D eigenvalue weighted by Crippen LogP contribution is 2.09. The third kappa shape index (κ3) is 3.26. The Kier molecular flexibility index (Phi) is 4.67. The van der Waals surface area contributed by atoms with Crippen molar-refractivity contribution in [1.29, 1.82) is 5.26 Å². The molecule has 2 rings (SSSR count). The monoisotopic (exact) mass is 285 g/mol. The van der Waals surface area contributed by atoms with Crippen LogP contribution in [0, 0.1) is 11.3 Å². The highest BCUT2D eigenvalue weighted by Gasteiger charge is 2.12. The predicted molar refractivity (Wildman–Crippen MR) is 76.3 cm³/mol. The summed E-state index contributed by atoms with van der Waals surface area (Å²) in [5.41, 5.74) is 0.224. The van der Waals surface area contributed by atoms with Crippen molar-refractivity contribution >= 4 is 16.9 Å². The van der Waals surface area contributed by atoms with Gasteiger partial charge in [0.05, 0.1) is 17.0 Å². The summed E-state index contributed by atoms with van der Waals surface area (Å²) in [7, 11) is 0. The number of aromatic nitrogens is 2. The molecule has 0 aliphatic heterocycles. The Bertz CT molecular complexity index is 759. The number of fused-ring (bicyclic) bond motifs is 1. The first-order chi connectivity index (χ1) is 10.2. The van der Waals surface area contributed by atoms with Gasteiger partial charge in [-0.15, -0.1) is 0 Å². The number of para-hydroxylation sites is 1. The van der Waals surface area contributed by atoms with Crippen LogP contribution in [0.3, 0.4) is 0 Å². The fraction of sp³-hybridized carbons (Fsp3) is 0.333. The Balaban J connectivity index is 2.41. The van der Waals surface area contributed by atoms with E-state index in [1.165, 1.54) is 4.57 Å². The molecule has 0 aliphatic rings. The molecule has 1 aromatic carbocycles. The number of carbonyl (C=O) groups excluding carboxylic acids is 1. The van der Waals surface area contributed by atoms with Crippen LogP contribution in [0.1, 0.15) is 25.6 Å². The Hall–Kier alpha value is -2.68. The summed E-state index contributed by atoms with van der Waals surface area (Å²) in [6, 6.07) is 8.81. The molecular weight excluding hydrogens is 270 g/mol. The highest BCUT2D eigenvalue weighted by atomic mass is 16.5. The number of ether oxygens (including phenoxy) is 1. The maximum atomic E-state index is 12.3. The van der Waals surface area contributed by atoms with Gasteiger partial charge in [0.25, 0.3) is 5.56 Å². The number of hydrogen-bond acceptors (Lipinski definition) is 5. The quantitative estimate of drug-likeness (QED) is 0.781. The molecule has 2 aromatic rings. The molecule has 0 atom stereocenters. The van der Waals surface area contributed by atoms with Gasteiger partial charge in [0, 0.05) is 6.42 Å². The number of esters is 1. The van der Waals surface area contributed by atoms with Gasteiger partial charge in [-0.25, -0.2) is 4.98 Å². The lowest BCUT2D eigenvalue weighted by Crippen LogP contribution is -2.26. The minimum absolute atomic E-state index is 0.111. The molecule has 108 valence electrons. The molecule has 0 N–H and O–H groups in total. The zero-order valence-corrected chi connectivity index (χ0v) is 11.7. The summed E-state index contributed by atoms with van der Waals surface area (Å²) in [5.74, 6) is -0.0619. The van der Waals surface area contributed by atoms with E-state index in [-0.39, 0.29) is 30.5 Å². The van der Waals surface area contributed by atoms with Gasteiger partial charge in [0.2, 0.25) is 0 Å². The fourth-order valence-electron chi connectivity index (χ4n) is 1.98. The molecule has 1 heterocycles. The molecule has 0 unspecified atom stereocenters. The van der Waals surface area contributed by atoms with Crippen LogP contribution in [0.25, 0.3) is 10.9 Å².